The molecule has 0 atom stereocenters. The summed E-state index contributed by atoms with van der Waals surface area (Å²) in [5.41, 5.74) is 2.03. The summed E-state index contributed by atoms with van der Waals surface area (Å²) in [5, 5.41) is 7.01. The van der Waals surface area contributed by atoms with Crippen LogP contribution in [0.1, 0.15) is 28.5 Å². The van der Waals surface area contributed by atoms with Crippen molar-refractivity contribution in [3.63, 3.8) is 0 Å². The van der Waals surface area contributed by atoms with Crippen LogP contribution >= 0.6 is 0 Å². The maximum absolute atomic E-state index is 13.0. The minimum Gasteiger partial charge on any atom is -0.306 e. The summed E-state index contributed by atoms with van der Waals surface area (Å²) in [7, 11) is 1.76. The third-order valence-electron chi connectivity index (χ3n) is 2.90. The van der Waals surface area contributed by atoms with Gasteiger partial charge in [0.15, 0.2) is 0 Å². The van der Waals surface area contributed by atoms with Crippen LogP contribution in [0.5, 0.6) is 0 Å². The molecule has 1 N–H and O–H groups in total. The number of amides is 1. The molecule has 0 aliphatic rings. The molecule has 100 valence electrons. The van der Waals surface area contributed by atoms with Crippen LogP contribution in [-0.4, -0.2) is 20.7 Å². The van der Waals surface area contributed by atoms with E-state index in [1.807, 2.05) is 13.8 Å². The lowest BCUT2D eigenvalue weighted by molar-refractivity contribution is 0.102. The van der Waals surface area contributed by atoms with Gasteiger partial charge < -0.3 is 5.32 Å². The molecule has 6 heteroatoms. The quantitative estimate of drug-likeness (QED) is 0.921. The van der Waals surface area contributed by atoms with Crippen LogP contribution in [0.25, 0.3) is 0 Å². The molecule has 0 fully saturated rings. The Balaban J connectivity index is 2.29. The number of aryl methyl sites for hydroxylation is 2. The summed E-state index contributed by atoms with van der Waals surface area (Å²) in [4.78, 5) is 15.7. The first kappa shape index (κ1) is 13.2. The van der Waals surface area contributed by atoms with Crippen molar-refractivity contribution in [2.75, 3.05) is 5.32 Å². The fourth-order valence-corrected chi connectivity index (χ4v) is 2.00. The number of halogens is 1. The van der Waals surface area contributed by atoms with Crippen LogP contribution in [-0.2, 0) is 13.5 Å². The number of hydrogen-bond acceptors (Lipinski definition) is 3. The zero-order valence-electron chi connectivity index (χ0n) is 11.1. The average molecular weight is 262 g/mol. The lowest BCUT2D eigenvalue weighted by Gasteiger charge is -2.07. The third-order valence-corrected chi connectivity index (χ3v) is 2.90. The van der Waals surface area contributed by atoms with E-state index in [1.165, 1.54) is 6.20 Å². The van der Waals surface area contributed by atoms with E-state index in [0.717, 1.165) is 29.9 Å². The number of aromatic nitrogens is 3. The van der Waals surface area contributed by atoms with E-state index in [2.05, 4.69) is 15.4 Å². The van der Waals surface area contributed by atoms with Crippen LogP contribution in [0.3, 0.4) is 0 Å². The van der Waals surface area contributed by atoms with Gasteiger partial charge in [-0.1, -0.05) is 6.92 Å². The number of pyridine rings is 1. The normalized spacial score (nSPS) is 10.5. The van der Waals surface area contributed by atoms with Gasteiger partial charge in [-0.05, 0) is 19.4 Å². The molecule has 0 aliphatic heterocycles. The van der Waals surface area contributed by atoms with Gasteiger partial charge in [0, 0.05) is 18.8 Å². The molecule has 2 heterocycles. The molecular formula is C13H15FN4O. The summed E-state index contributed by atoms with van der Waals surface area (Å²) in [6.45, 7) is 3.88. The number of rotatable bonds is 3. The highest BCUT2D eigenvalue weighted by atomic mass is 19.1. The Kier molecular flexibility index (Phi) is 3.59. The number of carbonyl (C=O) groups is 1. The molecule has 0 unspecified atom stereocenters. The topological polar surface area (TPSA) is 59.8 Å². The summed E-state index contributed by atoms with van der Waals surface area (Å²) in [6, 6.07) is 1.15. The van der Waals surface area contributed by atoms with E-state index in [0.29, 0.717) is 5.82 Å². The minimum absolute atomic E-state index is 0.181. The molecule has 0 aliphatic carbocycles. The van der Waals surface area contributed by atoms with E-state index in [1.54, 1.807) is 11.7 Å². The first-order valence-electron chi connectivity index (χ1n) is 5.97. The zero-order chi connectivity index (χ0) is 14.0. The predicted octanol–water partition coefficient (Wildman–Crippen LogP) is 2.08. The molecule has 0 spiro atoms. The van der Waals surface area contributed by atoms with Crippen LogP contribution < -0.4 is 5.32 Å². The van der Waals surface area contributed by atoms with Crippen LogP contribution in [0.15, 0.2) is 18.5 Å². The third kappa shape index (κ3) is 2.62. The van der Waals surface area contributed by atoms with Gasteiger partial charge >= 0.3 is 0 Å². The molecule has 2 aromatic rings. The summed E-state index contributed by atoms with van der Waals surface area (Å²) in [5.74, 6) is -0.302. The zero-order valence-corrected chi connectivity index (χ0v) is 11.1. The molecular weight excluding hydrogens is 247 g/mol. The smallest absolute Gasteiger partial charge is 0.258 e. The first-order chi connectivity index (χ1) is 9.02. The van der Waals surface area contributed by atoms with Crippen molar-refractivity contribution < 1.29 is 9.18 Å². The Labute approximate surface area is 110 Å². The van der Waals surface area contributed by atoms with Crippen LogP contribution in [0.2, 0.25) is 0 Å². The van der Waals surface area contributed by atoms with Crippen molar-refractivity contribution in [2.45, 2.75) is 20.3 Å². The van der Waals surface area contributed by atoms with Crippen LogP contribution in [0.4, 0.5) is 10.2 Å². The average Bonchev–Trinajstić information content (AvgIpc) is 2.63. The highest BCUT2D eigenvalue weighted by Gasteiger charge is 2.15. The number of nitrogens with one attached hydrogen (secondary N) is 1. The highest BCUT2D eigenvalue weighted by Crippen LogP contribution is 2.19. The maximum atomic E-state index is 13.0. The Morgan fingerprint density at radius 1 is 1.47 bits per heavy atom. The van der Waals surface area contributed by atoms with Crippen molar-refractivity contribution in [3.05, 3.63) is 41.1 Å². The fraction of sp³-hybridized carbons (Fsp3) is 0.308. The van der Waals surface area contributed by atoms with E-state index in [4.69, 9.17) is 0 Å². The van der Waals surface area contributed by atoms with Crippen molar-refractivity contribution in [3.8, 4) is 0 Å². The standard InChI is InChI=1S/C13H15FN4O/c1-4-11-8(2)17-18(3)12(11)16-13(19)9-5-10(14)7-15-6-9/h5-7H,4H2,1-3H3,(H,16,19). The summed E-state index contributed by atoms with van der Waals surface area (Å²) < 4.78 is 14.6. The van der Waals surface area contributed by atoms with Crippen molar-refractivity contribution >= 4 is 11.7 Å². The second kappa shape index (κ2) is 5.17. The fourth-order valence-electron chi connectivity index (χ4n) is 2.00. The van der Waals surface area contributed by atoms with Crippen molar-refractivity contribution in [1.29, 1.82) is 0 Å². The SMILES string of the molecule is CCc1c(C)nn(C)c1NC(=O)c1cncc(F)c1. The molecule has 2 rings (SSSR count). The van der Waals surface area contributed by atoms with Gasteiger partial charge in [0.25, 0.3) is 5.91 Å². The molecule has 0 radical (unpaired) electrons. The second-order valence-corrected chi connectivity index (χ2v) is 4.24. The van der Waals surface area contributed by atoms with Gasteiger partial charge in [0.1, 0.15) is 11.6 Å². The first-order valence-corrected chi connectivity index (χ1v) is 5.97. The minimum atomic E-state index is -0.537. The maximum Gasteiger partial charge on any atom is 0.258 e. The lowest BCUT2D eigenvalue weighted by Crippen LogP contribution is -2.16. The molecule has 19 heavy (non-hydrogen) atoms. The molecule has 0 saturated heterocycles. The molecule has 2 aromatic heterocycles. The Hall–Kier alpha value is -2.24. The van der Waals surface area contributed by atoms with Gasteiger partial charge in [0.05, 0.1) is 17.5 Å². The predicted molar refractivity (Wildman–Crippen MR) is 69.5 cm³/mol. The van der Waals surface area contributed by atoms with E-state index in [-0.39, 0.29) is 5.56 Å². The van der Waals surface area contributed by atoms with Crippen molar-refractivity contribution in [1.82, 2.24) is 14.8 Å². The molecule has 5 nitrogen and oxygen atoms in total. The number of nitrogens with zero attached hydrogens (tertiary/aromatic N) is 3. The van der Waals surface area contributed by atoms with E-state index in [9.17, 15) is 9.18 Å². The lowest BCUT2D eigenvalue weighted by atomic mass is 10.2. The second-order valence-electron chi connectivity index (χ2n) is 4.24. The molecule has 0 aromatic carbocycles. The van der Waals surface area contributed by atoms with E-state index >= 15 is 0 Å². The monoisotopic (exact) mass is 262 g/mol. The Morgan fingerprint density at radius 3 is 2.84 bits per heavy atom. The number of hydrogen-bond donors (Lipinski definition) is 1. The van der Waals surface area contributed by atoms with Gasteiger partial charge in [-0.15, -0.1) is 0 Å². The van der Waals surface area contributed by atoms with Gasteiger partial charge in [-0.3, -0.25) is 14.5 Å². The van der Waals surface area contributed by atoms with Crippen LogP contribution in [0, 0.1) is 12.7 Å². The largest absolute Gasteiger partial charge is 0.306 e. The summed E-state index contributed by atoms with van der Waals surface area (Å²) >= 11 is 0. The molecule has 1 amide bonds. The molecule has 0 saturated carbocycles. The van der Waals surface area contributed by atoms with Gasteiger partial charge in [-0.2, -0.15) is 5.10 Å². The van der Waals surface area contributed by atoms with Gasteiger partial charge in [0.2, 0.25) is 0 Å². The highest BCUT2D eigenvalue weighted by molar-refractivity contribution is 6.04. The molecule has 0 bridgehead atoms. The Bertz CT molecular complexity index is 621. The summed E-state index contributed by atoms with van der Waals surface area (Å²) in [6.07, 6.45) is 3.15. The van der Waals surface area contributed by atoms with Crippen molar-refractivity contribution in [2.24, 2.45) is 7.05 Å². The van der Waals surface area contributed by atoms with E-state index < -0.39 is 11.7 Å². The Morgan fingerprint density at radius 2 is 2.21 bits per heavy atom. The number of carbonyl (C=O) groups excluding carboxylic acids is 1. The van der Waals surface area contributed by atoms with Gasteiger partial charge in [-0.25, -0.2) is 4.39 Å². The number of anilines is 1.